The Kier molecular flexibility index (Phi) is 7.45. The Bertz CT molecular complexity index is 1710. The molecular weight excluding hydrogens is 572 g/mol. The van der Waals surface area contributed by atoms with E-state index in [-0.39, 0.29) is 24.1 Å². The van der Waals surface area contributed by atoms with Crippen molar-refractivity contribution in [3.8, 4) is 5.75 Å². The molecule has 2 atom stereocenters. The molecule has 40 heavy (non-hydrogen) atoms. The minimum absolute atomic E-state index is 0.0305. The number of aryl methyl sites for hydroxylation is 2. The van der Waals surface area contributed by atoms with E-state index in [0.29, 0.717) is 22.2 Å². The van der Waals surface area contributed by atoms with Crippen molar-refractivity contribution in [2.45, 2.75) is 64.6 Å². The molecule has 0 spiro atoms. The lowest BCUT2D eigenvalue weighted by molar-refractivity contribution is -0.147. The van der Waals surface area contributed by atoms with Gasteiger partial charge < -0.3 is 9.84 Å². The Morgan fingerprint density at radius 2 is 2.00 bits per heavy atom. The molecule has 0 radical (unpaired) electrons. The summed E-state index contributed by atoms with van der Waals surface area (Å²) in [4.78, 5) is 13.4. The molecule has 1 N–H and O–H groups in total. The molecule has 2 aromatic heterocycles. The molecular formula is C28H31ClN4O5S2. The van der Waals surface area contributed by atoms with Gasteiger partial charge >= 0.3 is 5.97 Å². The third kappa shape index (κ3) is 4.78. The van der Waals surface area contributed by atoms with Crippen molar-refractivity contribution in [2.24, 2.45) is 5.41 Å². The highest BCUT2D eigenvalue weighted by Gasteiger charge is 2.42. The van der Waals surface area contributed by atoms with E-state index < -0.39 is 27.3 Å². The quantitative estimate of drug-likeness (QED) is 0.289. The average Bonchev–Trinajstić information content (AvgIpc) is 3.46. The monoisotopic (exact) mass is 602 g/mol. The Morgan fingerprint density at radius 1 is 1.27 bits per heavy atom. The fourth-order valence-corrected chi connectivity index (χ4v) is 8.50. The summed E-state index contributed by atoms with van der Waals surface area (Å²) >= 11 is 8.02. The lowest BCUT2D eigenvalue weighted by Crippen LogP contribution is -2.35. The number of para-hydroxylation sites is 1. The summed E-state index contributed by atoms with van der Waals surface area (Å²) < 4.78 is 36.7. The van der Waals surface area contributed by atoms with Crippen LogP contribution in [0, 0.1) is 12.3 Å². The minimum atomic E-state index is -3.86. The zero-order chi connectivity index (χ0) is 29.0. The van der Waals surface area contributed by atoms with Gasteiger partial charge in [-0.15, -0.1) is 16.4 Å². The highest BCUT2D eigenvalue weighted by atomic mass is 35.5. The number of carbonyl (C=O) groups is 1. The smallest absolute Gasteiger partial charge is 0.310 e. The number of fused-ring (bicyclic) bond motifs is 2. The number of carboxylic acids is 1. The van der Waals surface area contributed by atoms with Gasteiger partial charge in [0.2, 0.25) is 10.0 Å². The number of hydrogen-bond donors (Lipinski definition) is 1. The fraction of sp³-hybridized carbons (Fsp3) is 0.393. The molecule has 12 heteroatoms. The van der Waals surface area contributed by atoms with Gasteiger partial charge in [0, 0.05) is 23.9 Å². The SMILES string of the molecule is CCn1nnc2c(C)c([C@H](c3cc(CN4C[C@@H](C)Oc5ccccc5S4(=O)=O)c(Cl)s3)C(C)(C)C(=O)O)ccc21. The van der Waals surface area contributed by atoms with Crippen LogP contribution < -0.4 is 4.74 Å². The molecule has 4 aromatic rings. The minimum Gasteiger partial charge on any atom is -0.488 e. The zero-order valence-electron chi connectivity index (χ0n) is 22.9. The summed E-state index contributed by atoms with van der Waals surface area (Å²) in [6, 6.07) is 12.3. The normalized spacial score (nSPS) is 18.2. The number of thiophene rings is 1. The molecule has 0 bridgehead atoms. The Balaban J connectivity index is 1.59. The lowest BCUT2D eigenvalue weighted by atomic mass is 9.72. The van der Waals surface area contributed by atoms with Crippen molar-refractivity contribution in [3.05, 3.63) is 68.4 Å². The molecule has 0 saturated heterocycles. The Labute approximate surface area is 242 Å². The van der Waals surface area contributed by atoms with E-state index in [9.17, 15) is 18.3 Å². The number of ether oxygens (including phenoxy) is 1. The van der Waals surface area contributed by atoms with Crippen LogP contribution in [0.25, 0.3) is 11.0 Å². The second-order valence-corrected chi connectivity index (χ2v) is 14.2. The van der Waals surface area contributed by atoms with E-state index in [0.717, 1.165) is 27.0 Å². The predicted molar refractivity (Wildman–Crippen MR) is 155 cm³/mol. The van der Waals surface area contributed by atoms with Gasteiger partial charge in [0.1, 0.15) is 22.3 Å². The van der Waals surface area contributed by atoms with Gasteiger partial charge in [-0.2, -0.15) is 4.31 Å². The first-order valence-corrected chi connectivity index (χ1v) is 15.6. The van der Waals surface area contributed by atoms with Crippen molar-refractivity contribution >= 4 is 50.0 Å². The second-order valence-electron chi connectivity index (χ2n) is 10.6. The number of sulfonamides is 1. The van der Waals surface area contributed by atoms with Gasteiger partial charge in [-0.05, 0) is 75.6 Å². The van der Waals surface area contributed by atoms with E-state index >= 15 is 0 Å². The second kappa shape index (κ2) is 10.4. The molecule has 0 amide bonds. The summed E-state index contributed by atoms with van der Waals surface area (Å²) in [5, 5.41) is 18.9. The maximum absolute atomic E-state index is 13.6. The lowest BCUT2D eigenvalue weighted by Gasteiger charge is -2.31. The maximum Gasteiger partial charge on any atom is 0.310 e. The summed E-state index contributed by atoms with van der Waals surface area (Å²) in [5.41, 5.74) is 2.66. The van der Waals surface area contributed by atoms with Crippen LogP contribution in [0.4, 0.5) is 0 Å². The third-order valence-corrected chi connectivity index (χ3v) is 10.9. The number of halogens is 1. The number of aliphatic carboxylic acids is 1. The first-order chi connectivity index (χ1) is 18.9. The molecule has 9 nitrogen and oxygen atoms in total. The molecule has 1 aliphatic heterocycles. The molecule has 1 aliphatic rings. The van der Waals surface area contributed by atoms with E-state index in [1.165, 1.54) is 21.7 Å². The number of benzene rings is 2. The highest BCUT2D eigenvalue weighted by Crippen LogP contribution is 2.48. The molecule has 0 aliphatic carbocycles. The number of nitrogens with zero attached hydrogens (tertiary/aromatic N) is 4. The third-order valence-electron chi connectivity index (χ3n) is 7.53. The number of carboxylic acid groups (broad SMARTS) is 1. The van der Waals surface area contributed by atoms with Gasteiger partial charge in [-0.25, -0.2) is 13.1 Å². The number of aromatic nitrogens is 3. The van der Waals surface area contributed by atoms with E-state index in [4.69, 9.17) is 16.3 Å². The maximum atomic E-state index is 13.6. The van der Waals surface area contributed by atoms with Crippen LogP contribution in [0.15, 0.2) is 47.4 Å². The van der Waals surface area contributed by atoms with Crippen molar-refractivity contribution in [2.75, 3.05) is 6.54 Å². The van der Waals surface area contributed by atoms with Crippen LogP contribution in [0.1, 0.15) is 55.2 Å². The molecule has 3 heterocycles. The van der Waals surface area contributed by atoms with Crippen LogP contribution in [0.3, 0.4) is 0 Å². The Morgan fingerprint density at radius 3 is 2.70 bits per heavy atom. The molecule has 0 unspecified atom stereocenters. The van der Waals surface area contributed by atoms with Gasteiger partial charge in [0.25, 0.3) is 0 Å². The molecule has 2 aromatic carbocycles. The Hall–Kier alpha value is -2.99. The van der Waals surface area contributed by atoms with E-state index in [1.54, 1.807) is 36.7 Å². The highest BCUT2D eigenvalue weighted by molar-refractivity contribution is 7.89. The van der Waals surface area contributed by atoms with Gasteiger partial charge in [-0.3, -0.25) is 4.79 Å². The van der Waals surface area contributed by atoms with Crippen molar-refractivity contribution in [1.29, 1.82) is 0 Å². The van der Waals surface area contributed by atoms with Crippen molar-refractivity contribution < 1.29 is 23.1 Å². The van der Waals surface area contributed by atoms with Gasteiger partial charge in [0.15, 0.2) is 0 Å². The molecule has 0 saturated carbocycles. The average molecular weight is 603 g/mol. The predicted octanol–water partition coefficient (Wildman–Crippen LogP) is 5.69. The van der Waals surface area contributed by atoms with Crippen LogP contribution in [0.2, 0.25) is 4.34 Å². The number of hydrogen-bond acceptors (Lipinski definition) is 7. The fourth-order valence-electron chi connectivity index (χ4n) is 5.31. The first-order valence-electron chi connectivity index (χ1n) is 13.0. The topological polar surface area (TPSA) is 115 Å². The van der Waals surface area contributed by atoms with Crippen molar-refractivity contribution in [3.63, 3.8) is 0 Å². The standard InChI is InChI=1S/C28H31ClN4O5S2/c1-6-33-20-12-11-19(17(3)25(20)30-31-33)24(28(4,5)27(34)35)22-13-18(26(29)39-22)15-32-14-16(2)38-21-9-7-8-10-23(21)40(32,36)37/h7-13,16,24H,6,14-15H2,1-5H3,(H,34,35)/t16-,24-/m1/s1. The van der Waals surface area contributed by atoms with E-state index in [1.807, 2.05) is 39.0 Å². The van der Waals surface area contributed by atoms with Crippen LogP contribution in [-0.2, 0) is 27.9 Å². The summed E-state index contributed by atoms with van der Waals surface area (Å²) in [6.07, 6.45) is -0.375. The summed E-state index contributed by atoms with van der Waals surface area (Å²) in [7, 11) is -3.86. The van der Waals surface area contributed by atoms with Crippen LogP contribution in [0.5, 0.6) is 5.75 Å². The summed E-state index contributed by atoms with van der Waals surface area (Å²) in [6.45, 7) is 9.95. The van der Waals surface area contributed by atoms with Crippen LogP contribution in [-0.4, -0.2) is 51.4 Å². The molecule has 212 valence electrons. The summed E-state index contributed by atoms with van der Waals surface area (Å²) in [5.74, 6) is -1.21. The molecule has 0 fully saturated rings. The number of rotatable bonds is 7. The van der Waals surface area contributed by atoms with Crippen LogP contribution >= 0.6 is 22.9 Å². The van der Waals surface area contributed by atoms with Crippen molar-refractivity contribution in [1.82, 2.24) is 19.3 Å². The van der Waals surface area contributed by atoms with Gasteiger partial charge in [0.05, 0.1) is 21.8 Å². The zero-order valence-corrected chi connectivity index (χ0v) is 25.3. The van der Waals surface area contributed by atoms with Gasteiger partial charge in [-0.1, -0.05) is 35.0 Å². The molecule has 5 rings (SSSR count). The largest absolute Gasteiger partial charge is 0.488 e. The van der Waals surface area contributed by atoms with E-state index in [2.05, 4.69) is 10.3 Å². The first kappa shape index (κ1) is 28.5.